The van der Waals surface area contributed by atoms with Crippen LogP contribution >= 0.6 is 0 Å². The van der Waals surface area contributed by atoms with Gasteiger partial charge >= 0.3 is 6.03 Å². The van der Waals surface area contributed by atoms with Crippen molar-refractivity contribution in [2.75, 3.05) is 17.7 Å². The number of aryl methyl sites for hydroxylation is 1. The number of urea groups is 1. The number of amides is 2. The first-order chi connectivity index (χ1) is 9.71. The molecule has 0 bridgehead atoms. The highest BCUT2D eigenvalue weighted by atomic mass is 16.5. The van der Waals surface area contributed by atoms with Gasteiger partial charge in [0.15, 0.2) is 0 Å². The molecular formula is C15H17N3O2. The summed E-state index contributed by atoms with van der Waals surface area (Å²) in [4.78, 5) is 15.9. The van der Waals surface area contributed by atoms with E-state index in [2.05, 4.69) is 22.5 Å². The van der Waals surface area contributed by atoms with Crippen molar-refractivity contribution in [2.45, 2.75) is 13.3 Å². The Hall–Kier alpha value is -2.56. The van der Waals surface area contributed by atoms with E-state index in [9.17, 15) is 4.79 Å². The molecule has 0 saturated carbocycles. The largest absolute Gasteiger partial charge is 0.481 e. The van der Waals surface area contributed by atoms with Crippen LogP contribution in [0.5, 0.6) is 5.88 Å². The molecule has 0 fully saturated rings. The molecule has 2 rings (SSSR count). The third-order valence-corrected chi connectivity index (χ3v) is 2.80. The zero-order valence-electron chi connectivity index (χ0n) is 11.5. The first kappa shape index (κ1) is 13.9. The topological polar surface area (TPSA) is 63.2 Å². The summed E-state index contributed by atoms with van der Waals surface area (Å²) in [5, 5.41) is 5.50. The first-order valence-electron chi connectivity index (χ1n) is 6.38. The second-order valence-electron chi connectivity index (χ2n) is 4.22. The lowest BCUT2D eigenvalue weighted by Crippen LogP contribution is -2.19. The van der Waals surface area contributed by atoms with Crippen molar-refractivity contribution in [1.29, 1.82) is 0 Å². The van der Waals surface area contributed by atoms with Gasteiger partial charge in [-0.15, -0.1) is 0 Å². The van der Waals surface area contributed by atoms with E-state index in [1.54, 1.807) is 25.4 Å². The molecule has 0 aliphatic rings. The molecule has 1 aromatic heterocycles. The minimum Gasteiger partial charge on any atom is -0.481 e. The number of aromatic nitrogens is 1. The third kappa shape index (κ3) is 3.71. The Balaban J connectivity index is 1.97. The maximum absolute atomic E-state index is 11.9. The van der Waals surface area contributed by atoms with Crippen LogP contribution in [-0.4, -0.2) is 18.1 Å². The third-order valence-electron chi connectivity index (χ3n) is 2.80. The van der Waals surface area contributed by atoms with Crippen LogP contribution in [0, 0.1) is 0 Å². The molecule has 0 radical (unpaired) electrons. The van der Waals surface area contributed by atoms with Gasteiger partial charge in [-0.25, -0.2) is 9.78 Å². The zero-order valence-corrected chi connectivity index (χ0v) is 11.5. The summed E-state index contributed by atoms with van der Waals surface area (Å²) in [6.07, 6.45) is 2.47. The summed E-state index contributed by atoms with van der Waals surface area (Å²) in [7, 11) is 1.54. The van der Waals surface area contributed by atoms with Crippen LogP contribution in [0.4, 0.5) is 16.2 Å². The minimum atomic E-state index is -0.301. The molecule has 2 aromatic rings. The Kier molecular flexibility index (Phi) is 4.55. The lowest BCUT2D eigenvalue weighted by molar-refractivity contribution is 0.262. The number of carbonyl (C=O) groups excluding carboxylic acids is 1. The second kappa shape index (κ2) is 6.56. The van der Waals surface area contributed by atoms with Crippen LogP contribution in [0.2, 0.25) is 0 Å². The summed E-state index contributed by atoms with van der Waals surface area (Å²) in [5.74, 6) is 0.506. The Morgan fingerprint density at radius 1 is 1.20 bits per heavy atom. The van der Waals surface area contributed by atoms with Gasteiger partial charge < -0.3 is 15.4 Å². The number of pyridine rings is 1. The predicted octanol–water partition coefficient (Wildman–Crippen LogP) is 3.30. The Bertz CT molecular complexity index is 582. The number of nitrogens with one attached hydrogen (secondary N) is 2. The molecule has 2 amide bonds. The Labute approximate surface area is 118 Å². The SMILES string of the molecule is CCc1cccc(NC(=O)Nc2ccc(OC)nc2)c1. The van der Waals surface area contributed by atoms with Crippen molar-refractivity contribution in [3.05, 3.63) is 48.2 Å². The molecule has 5 heteroatoms. The molecule has 5 nitrogen and oxygen atoms in total. The van der Waals surface area contributed by atoms with Crippen LogP contribution in [0.1, 0.15) is 12.5 Å². The van der Waals surface area contributed by atoms with Crippen LogP contribution in [0.3, 0.4) is 0 Å². The molecule has 1 heterocycles. The average molecular weight is 271 g/mol. The molecule has 104 valence electrons. The van der Waals surface area contributed by atoms with Gasteiger partial charge in [-0.2, -0.15) is 0 Å². The minimum absolute atomic E-state index is 0.301. The second-order valence-corrected chi connectivity index (χ2v) is 4.22. The molecule has 0 spiro atoms. The number of nitrogens with zero attached hydrogens (tertiary/aromatic N) is 1. The van der Waals surface area contributed by atoms with Crippen molar-refractivity contribution < 1.29 is 9.53 Å². The summed E-state index contributed by atoms with van der Waals surface area (Å²) in [5.41, 5.74) is 2.55. The van der Waals surface area contributed by atoms with E-state index >= 15 is 0 Å². The lowest BCUT2D eigenvalue weighted by Gasteiger charge is -2.08. The first-order valence-corrected chi connectivity index (χ1v) is 6.38. The predicted molar refractivity (Wildman–Crippen MR) is 79.3 cm³/mol. The van der Waals surface area contributed by atoms with Gasteiger partial charge in [0.05, 0.1) is 19.0 Å². The molecule has 1 aromatic carbocycles. The van der Waals surface area contributed by atoms with Crippen LogP contribution in [-0.2, 0) is 6.42 Å². The number of methoxy groups -OCH3 is 1. The Morgan fingerprint density at radius 2 is 2.00 bits per heavy atom. The quantitative estimate of drug-likeness (QED) is 0.896. The highest BCUT2D eigenvalue weighted by Crippen LogP contribution is 2.13. The molecule has 0 atom stereocenters. The highest BCUT2D eigenvalue weighted by molar-refractivity contribution is 5.99. The van der Waals surface area contributed by atoms with E-state index in [4.69, 9.17) is 4.74 Å². The monoisotopic (exact) mass is 271 g/mol. The Morgan fingerprint density at radius 3 is 2.65 bits per heavy atom. The lowest BCUT2D eigenvalue weighted by atomic mass is 10.1. The number of rotatable bonds is 4. The van der Waals surface area contributed by atoms with E-state index in [-0.39, 0.29) is 6.03 Å². The van der Waals surface area contributed by atoms with E-state index in [0.29, 0.717) is 11.6 Å². The fourth-order valence-corrected chi connectivity index (χ4v) is 1.74. The zero-order chi connectivity index (χ0) is 14.4. The number of anilines is 2. The summed E-state index contributed by atoms with van der Waals surface area (Å²) < 4.78 is 4.96. The molecule has 2 N–H and O–H groups in total. The fraction of sp³-hybridized carbons (Fsp3) is 0.200. The van der Waals surface area contributed by atoms with E-state index in [1.807, 2.05) is 24.3 Å². The standard InChI is InChI=1S/C15H17N3O2/c1-3-11-5-4-6-12(9-11)17-15(19)18-13-7-8-14(20-2)16-10-13/h4-10H,3H2,1-2H3,(H2,17,18,19). The van der Waals surface area contributed by atoms with Crippen molar-refractivity contribution in [2.24, 2.45) is 0 Å². The van der Waals surface area contributed by atoms with Crippen molar-refractivity contribution in [3.63, 3.8) is 0 Å². The molecule has 0 saturated heterocycles. The highest BCUT2D eigenvalue weighted by Gasteiger charge is 2.03. The van der Waals surface area contributed by atoms with Crippen molar-refractivity contribution in [1.82, 2.24) is 4.98 Å². The van der Waals surface area contributed by atoms with Gasteiger partial charge in [-0.05, 0) is 30.2 Å². The van der Waals surface area contributed by atoms with E-state index in [0.717, 1.165) is 12.1 Å². The summed E-state index contributed by atoms with van der Waals surface area (Å²) in [6.45, 7) is 2.07. The van der Waals surface area contributed by atoms with Gasteiger partial charge in [0.2, 0.25) is 5.88 Å². The fourth-order valence-electron chi connectivity index (χ4n) is 1.74. The van der Waals surface area contributed by atoms with Crippen molar-refractivity contribution >= 4 is 17.4 Å². The maximum Gasteiger partial charge on any atom is 0.323 e. The molecule has 0 aliphatic carbocycles. The summed E-state index contributed by atoms with van der Waals surface area (Å²) in [6, 6.07) is 10.9. The molecule has 0 aliphatic heterocycles. The van der Waals surface area contributed by atoms with Gasteiger partial charge in [-0.3, -0.25) is 0 Å². The number of carbonyl (C=O) groups is 1. The van der Waals surface area contributed by atoms with Crippen LogP contribution < -0.4 is 15.4 Å². The van der Waals surface area contributed by atoms with Gasteiger partial charge in [0.1, 0.15) is 0 Å². The van der Waals surface area contributed by atoms with Crippen LogP contribution in [0.15, 0.2) is 42.6 Å². The van der Waals surface area contributed by atoms with E-state index in [1.165, 1.54) is 5.56 Å². The average Bonchev–Trinajstić information content (AvgIpc) is 2.48. The van der Waals surface area contributed by atoms with Crippen LogP contribution in [0.25, 0.3) is 0 Å². The van der Waals surface area contributed by atoms with Gasteiger partial charge in [-0.1, -0.05) is 19.1 Å². The number of benzene rings is 1. The summed E-state index contributed by atoms with van der Waals surface area (Å²) >= 11 is 0. The molecular weight excluding hydrogens is 254 g/mol. The van der Waals surface area contributed by atoms with Gasteiger partial charge in [0.25, 0.3) is 0 Å². The van der Waals surface area contributed by atoms with Crippen molar-refractivity contribution in [3.8, 4) is 5.88 Å². The molecule has 20 heavy (non-hydrogen) atoms. The van der Waals surface area contributed by atoms with E-state index < -0.39 is 0 Å². The van der Waals surface area contributed by atoms with Gasteiger partial charge in [0, 0.05) is 11.8 Å². The molecule has 0 unspecified atom stereocenters. The smallest absolute Gasteiger partial charge is 0.323 e. The number of ether oxygens (including phenoxy) is 1. The maximum atomic E-state index is 11.9. The number of hydrogen-bond donors (Lipinski definition) is 2. The number of hydrogen-bond acceptors (Lipinski definition) is 3. The normalized spacial score (nSPS) is 9.90.